The van der Waals surface area contributed by atoms with Crippen molar-refractivity contribution in [2.24, 2.45) is 11.8 Å². The predicted molar refractivity (Wildman–Crippen MR) is 65.2 cm³/mol. The molecule has 100 valence electrons. The van der Waals surface area contributed by atoms with Gasteiger partial charge in [-0.15, -0.1) is 0 Å². The molecule has 0 aromatic rings. The smallest absolute Gasteiger partial charge is 0.306 e. The summed E-state index contributed by atoms with van der Waals surface area (Å²) >= 11 is 0. The molecule has 0 unspecified atom stereocenters. The zero-order chi connectivity index (χ0) is 13.1. The van der Waals surface area contributed by atoms with Crippen molar-refractivity contribution in [1.82, 2.24) is 4.31 Å². The lowest BCUT2D eigenvalue weighted by molar-refractivity contribution is -0.142. The average molecular weight is 263 g/mol. The fourth-order valence-corrected chi connectivity index (χ4v) is 3.69. The summed E-state index contributed by atoms with van der Waals surface area (Å²) in [4.78, 5) is 10.8. The fourth-order valence-electron chi connectivity index (χ4n) is 1.89. The Labute approximate surface area is 103 Å². The second-order valence-corrected chi connectivity index (χ2v) is 7.10. The van der Waals surface area contributed by atoms with E-state index in [0.717, 1.165) is 0 Å². The molecule has 1 saturated heterocycles. The van der Waals surface area contributed by atoms with E-state index in [9.17, 15) is 13.2 Å². The van der Waals surface area contributed by atoms with Gasteiger partial charge in [0.25, 0.3) is 0 Å². The zero-order valence-corrected chi connectivity index (χ0v) is 11.2. The normalized spacial score (nSPS) is 19.7. The van der Waals surface area contributed by atoms with Gasteiger partial charge < -0.3 is 5.11 Å². The maximum atomic E-state index is 11.9. The van der Waals surface area contributed by atoms with Gasteiger partial charge in [0.05, 0.1) is 11.7 Å². The lowest BCUT2D eigenvalue weighted by Gasteiger charge is -2.29. The molecule has 1 aliphatic heterocycles. The fraction of sp³-hybridized carbons (Fsp3) is 0.909. The Morgan fingerprint density at radius 3 is 2.29 bits per heavy atom. The SMILES string of the molecule is CC(C)CCS(=O)(=O)N1CCC(C(=O)O)CC1. The summed E-state index contributed by atoms with van der Waals surface area (Å²) in [7, 11) is -3.19. The highest BCUT2D eigenvalue weighted by Gasteiger charge is 2.30. The summed E-state index contributed by atoms with van der Waals surface area (Å²) < 4.78 is 25.3. The van der Waals surface area contributed by atoms with E-state index in [-0.39, 0.29) is 11.7 Å². The van der Waals surface area contributed by atoms with Crippen molar-refractivity contribution in [3.8, 4) is 0 Å². The van der Waals surface area contributed by atoms with Crippen LogP contribution < -0.4 is 0 Å². The molecule has 1 aliphatic rings. The van der Waals surface area contributed by atoms with Crippen LogP contribution in [-0.2, 0) is 14.8 Å². The molecule has 0 aliphatic carbocycles. The van der Waals surface area contributed by atoms with Crippen LogP contribution in [0.5, 0.6) is 0 Å². The first-order chi connectivity index (χ1) is 7.83. The van der Waals surface area contributed by atoms with Crippen LogP contribution in [0.15, 0.2) is 0 Å². The summed E-state index contributed by atoms with van der Waals surface area (Å²) in [5.41, 5.74) is 0. The van der Waals surface area contributed by atoms with E-state index < -0.39 is 16.0 Å². The lowest BCUT2D eigenvalue weighted by atomic mass is 9.99. The van der Waals surface area contributed by atoms with Crippen molar-refractivity contribution in [3.05, 3.63) is 0 Å². The first-order valence-corrected chi connectivity index (χ1v) is 7.64. The molecule has 0 amide bonds. The number of carboxylic acid groups (broad SMARTS) is 1. The molecule has 1 heterocycles. The molecule has 1 fully saturated rings. The predicted octanol–water partition coefficient (Wildman–Crippen LogP) is 1.16. The number of hydrogen-bond donors (Lipinski definition) is 1. The van der Waals surface area contributed by atoms with Crippen LogP contribution in [0.1, 0.15) is 33.1 Å². The number of carbonyl (C=O) groups is 1. The first-order valence-electron chi connectivity index (χ1n) is 6.03. The molecule has 5 nitrogen and oxygen atoms in total. The van der Waals surface area contributed by atoms with Gasteiger partial charge in [-0.2, -0.15) is 0 Å². The van der Waals surface area contributed by atoms with Crippen molar-refractivity contribution in [2.45, 2.75) is 33.1 Å². The van der Waals surface area contributed by atoms with Gasteiger partial charge >= 0.3 is 5.97 Å². The van der Waals surface area contributed by atoms with Crippen molar-refractivity contribution in [1.29, 1.82) is 0 Å². The van der Waals surface area contributed by atoms with Crippen molar-refractivity contribution < 1.29 is 18.3 Å². The van der Waals surface area contributed by atoms with Gasteiger partial charge in [-0.1, -0.05) is 13.8 Å². The monoisotopic (exact) mass is 263 g/mol. The number of hydrogen-bond acceptors (Lipinski definition) is 3. The zero-order valence-electron chi connectivity index (χ0n) is 10.4. The molecule has 6 heteroatoms. The molecular weight excluding hydrogens is 242 g/mol. The van der Waals surface area contributed by atoms with E-state index in [1.54, 1.807) is 0 Å². The number of carboxylic acids is 1. The van der Waals surface area contributed by atoms with E-state index in [1.807, 2.05) is 13.8 Å². The van der Waals surface area contributed by atoms with Crippen LogP contribution in [0.25, 0.3) is 0 Å². The summed E-state index contributed by atoms with van der Waals surface area (Å²) in [5, 5.41) is 8.84. The van der Waals surface area contributed by atoms with E-state index in [0.29, 0.717) is 38.3 Å². The second kappa shape index (κ2) is 5.82. The van der Waals surface area contributed by atoms with Crippen molar-refractivity contribution in [2.75, 3.05) is 18.8 Å². The molecule has 1 rings (SSSR count). The molecule has 17 heavy (non-hydrogen) atoms. The standard InChI is InChI=1S/C11H21NO4S/c1-9(2)5-8-17(15,16)12-6-3-10(4-7-12)11(13)14/h9-10H,3-8H2,1-2H3,(H,13,14). The maximum Gasteiger partial charge on any atom is 0.306 e. The van der Waals surface area contributed by atoms with E-state index in [2.05, 4.69) is 0 Å². The lowest BCUT2D eigenvalue weighted by Crippen LogP contribution is -2.41. The van der Waals surface area contributed by atoms with Crippen LogP contribution in [0, 0.1) is 11.8 Å². The summed E-state index contributed by atoms with van der Waals surface area (Å²) in [5.74, 6) is -0.667. The highest BCUT2D eigenvalue weighted by molar-refractivity contribution is 7.89. The van der Waals surface area contributed by atoms with Crippen LogP contribution in [-0.4, -0.2) is 42.6 Å². The average Bonchev–Trinajstić information content (AvgIpc) is 2.27. The minimum atomic E-state index is -3.19. The Hall–Kier alpha value is -0.620. The van der Waals surface area contributed by atoms with Gasteiger partial charge in [0.2, 0.25) is 10.0 Å². The molecule has 0 atom stereocenters. The first kappa shape index (κ1) is 14.4. The van der Waals surface area contributed by atoms with Gasteiger partial charge in [-0.25, -0.2) is 12.7 Å². The van der Waals surface area contributed by atoms with E-state index in [1.165, 1.54) is 4.31 Å². The maximum absolute atomic E-state index is 11.9. The highest BCUT2D eigenvalue weighted by Crippen LogP contribution is 2.20. The molecular formula is C11H21NO4S. The van der Waals surface area contributed by atoms with Crippen LogP contribution in [0.3, 0.4) is 0 Å². The largest absolute Gasteiger partial charge is 0.481 e. The van der Waals surface area contributed by atoms with E-state index in [4.69, 9.17) is 5.11 Å². The van der Waals surface area contributed by atoms with Crippen LogP contribution in [0.4, 0.5) is 0 Å². The molecule has 0 bridgehead atoms. The highest BCUT2D eigenvalue weighted by atomic mass is 32.2. The van der Waals surface area contributed by atoms with Crippen LogP contribution in [0.2, 0.25) is 0 Å². The Balaban J connectivity index is 2.50. The second-order valence-electron chi connectivity index (χ2n) is 5.01. The van der Waals surface area contributed by atoms with Gasteiger partial charge in [-0.3, -0.25) is 4.79 Å². The third-order valence-electron chi connectivity index (χ3n) is 3.15. The molecule has 0 spiro atoms. The number of sulfonamides is 1. The molecule has 0 aromatic carbocycles. The Kier molecular flexibility index (Phi) is 4.94. The number of aliphatic carboxylic acids is 1. The topological polar surface area (TPSA) is 74.7 Å². The summed E-state index contributed by atoms with van der Waals surface area (Å²) in [6.07, 6.45) is 1.51. The third kappa shape index (κ3) is 4.27. The summed E-state index contributed by atoms with van der Waals surface area (Å²) in [6, 6.07) is 0. The number of rotatable bonds is 5. The van der Waals surface area contributed by atoms with Gasteiger partial charge in [-0.05, 0) is 25.2 Å². The summed E-state index contributed by atoms with van der Waals surface area (Å²) in [6.45, 7) is 4.67. The van der Waals surface area contributed by atoms with Crippen molar-refractivity contribution >= 4 is 16.0 Å². The third-order valence-corrected chi connectivity index (χ3v) is 5.05. The Morgan fingerprint density at radius 1 is 1.35 bits per heavy atom. The van der Waals surface area contributed by atoms with Crippen molar-refractivity contribution in [3.63, 3.8) is 0 Å². The quantitative estimate of drug-likeness (QED) is 0.807. The molecule has 0 saturated carbocycles. The minimum Gasteiger partial charge on any atom is -0.481 e. The molecule has 1 N–H and O–H groups in total. The molecule has 0 radical (unpaired) electrons. The molecule has 0 aromatic heterocycles. The number of piperidine rings is 1. The number of nitrogens with zero attached hydrogens (tertiary/aromatic N) is 1. The van der Waals surface area contributed by atoms with Crippen LogP contribution >= 0.6 is 0 Å². The Bertz CT molecular complexity index is 356. The Morgan fingerprint density at radius 2 is 1.88 bits per heavy atom. The van der Waals surface area contributed by atoms with Gasteiger partial charge in [0.1, 0.15) is 0 Å². The van der Waals surface area contributed by atoms with Gasteiger partial charge in [0, 0.05) is 13.1 Å². The van der Waals surface area contributed by atoms with Gasteiger partial charge in [0.15, 0.2) is 0 Å². The minimum absolute atomic E-state index is 0.169. The van der Waals surface area contributed by atoms with E-state index >= 15 is 0 Å².